The summed E-state index contributed by atoms with van der Waals surface area (Å²) in [5, 5.41) is 6.34. The van der Waals surface area contributed by atoms with E-state index in [1.54, 1.807) is 6.92 Å². The third-order valence-corrected chi connectivity index (χ3v) is 6.38. The second-order valence-electron chi connectivity index (χ2n) is 6.63. The molecule has 1 aliphatic heterocycles. The van der Waals surface area contributed by atoms with E-state index in [-0.39, 0.29) is 11.5 Å². The summed E-state index contributed by atoms with van der Waals surface area (Å²) in [5.74, 6) is 1.02. The van der Waals surface area contributed by atoms with E-state index in [2.05, 4.69) is 39.8 Å². The number of nitrogens with one attached hydrogen (secondary N) is 2. The zero-order valence-electron chi connectivity index (χ0n) is 15.9. The highest BCUT2D eigenvalue weighted by atomic mass is 32.2. The summed E-state index contributed by atoms with van der Waals surface area (Å²) in [5.41, 5.74) is 1.33. The van der Waals surface area contributed by atoms with Crippen molar-refractivity contribution in [3.05, 3.63) is 35.9 Å². The summed E-state index contributed by atoms with van der Waals surface area (Å²) < 4.78 is 23.2. The lowest BCUT2D eigenvalue weighted by molar-refractivity contribution is 0.250. The Morgan fingerprint density at radius 3 is 2.69 bits per heavy atom. The van der Waals surface area contributed by atoms with Gasteiger partial charge in [-0.05, 0) is 31.9 Å². The number of rotatable bonds is 9. The lowest BCUT2D eigenvalue weighted by Crippen LogP contribution is -2.41. The van der Waals surface area contributed by atoms with Crippen LogP contribution in [0.25, 0.3) is 0 Å². The first-order chi connectivity index (χ1) is 12.5. The van der Waals surface area contributed by atoms with E-state index >= 15 is 0 Å². The second kappa shape index (κ2) is 10.5. The van der Waals surface area contributed by atoms with E-state index in [4.69, 9.17) is 4.99 Å². The molecule has 146 valence electrons. The van der Waals surface area contributed by atoms with Gasteiger partial charge in [0.1, 0.15) is 0 Å². The Morgan fingerprint density at radius 2 is 2.00 bits per heavy atom. The highest BCUT2D eigenvalue weighted by molar-refractivity contribution is 7.91. The van der Waals surface area contributed by atoms with Gasteiger partial charge < -0.3 is 10.6 Å². The van der Waals surface area contributed by atoms with Gasteiger partial charge in [-0.15, -0.1) is 0 Å². The molecule has 0 aromatic heterocycles. The van der Waals surface area contributed by atoms with E-state index in [9.17, 15) is 8.42 Å². The fourth-order valence-electron chi connectivity index (χ4n) is 3.14. The summed E-state index contributed by atoms with van der Waals surface area (Å²) in [7, 11) is -2.96. The quantitative estimate of drug-likeness (QED) is 0.503. The van der Waals surface area contributed by atoms with Gasteiger partial charge in [-0.3, -0.25) is 9.89 Å². The maximum absolute atomic E-state index is 11.6. The van der Waals surface area contributed by atoms with Crippen LogP contribution < -0.4 is 10.6 Å². The fourth-order valence-corrected chi connectivity index (χ4v) is 3.84. The van der Waals surface area contributed by atoms with Gasteiger partial charge in [-0.25, -0.2) is 8.42 Å². The molecule has 0 radical (unpaired) electrons. The first-order valence-corrected chi connectivity index (χ1v) is 11.4. The fraction of sp³-hybridized carbons (Fsp3) is 0.632. The van der Waals surface area contributed by atoms with Crippen molar-refractivity contribution in [3.63, 3.8) is 0 Å². The molecular formula is C19H32N4O2S. The van der Waals surface area contributed by atoms with Crippen LogP contribution in [0.1, 0.15) is 32.3 Å². The van der Waals surface area contributed by atoms with Crippen LogP contribution in [0.15, 0.2) is 35.3 Å². The van der Waals surface area contributed by atoms with Crippen LogP contribution >= 0.6 is 0 Å². The summed E-state index contributed by atoms with van der Waals surface area (Å²) in [6, 6.07) is 11.0. The molecule has 1 fully saturated rings. The van der Waals surface area contributed by atoms with E-state index in [0.717, 1.165) is 32.6 Å². The minimum absolute atomic E-state index is 0.136. The predicted molar refractivity (Wildman–Crippen MR) is 108 cm³/mol. The largest absolute Gasteiger partial charge is 0.357 e. The van der Waals surface area contributed by atoms with Crippen LogP contribution in [-0.2, 0) is 16.4 Å². The highest BCUT2D eigenvalue weighted by Gasteiger charge is 2.24. The predicted octanol–water partition coefficient (Wildman–Crippen LogP) is 1.64. The van der Waals surface area contributed by atoms with Crippen LogP contribution in [0.5, 0.6) is 0 Å². The van der Waals surface area contributed by atoms with Gasteiger partial charge in [0.25, 0.3) is 0 Å². The van der Waals surface area contributed by atoms with Crippen LogP contribution in [0.4, 0.5) is 0 Å². The summed E-state index contributed by atoms with van der Waals surface area (Å²) in [6.07, 6.45) is 2.35. The molecule has 1 saturated heterocycles. The maximum atomic E-state index is 11.6. The van der Waals surface area contributed by atoms with Crippen molar-refractivity contribution in [3.8, 4) is 0 Å². The van der Waals surface area contributed by atoms with Crippen LogP contribution in [0.3, 0.4) is 0 Å². The van der Waals surface area contributed by atoms with Crippen molar-refractivity contribution in [1.29, 1.82) is 0 Å². The molecule has 0 bridgehead atoms. The highest BCUT2D eigenvalue weighted by Crippen LogP contribution is 2.20. The van der Waals surface area contributed by atoms with Gasteiger partial charge in [-0.1, -0.05) is 37.3 Å². The number of aliphatic imine (C=N–C) groups is 1. The summed E-state index contributed by atoms with van der Waals surface area (Å²) in [4.78, 5) is 7.18. The summed E-state index contributed by atoms with van der Waals surface area (Å²) in [6.45, 7) is 7.62. The van der Waals surface area contributed by atoms with Crippen molar-refractivity contribution < 1.29 is 8.42 Å². The molecule has 1 aliphatic rings. The molecule has 2 N–H and O–H groups in total. The standard InChI is InChI=1S/C19H32N4O2S/c1-3-20-19(21-12-14-26(24,25)4-2)22-15-18-11-8-13-23(18)16-17-9-6-5-7-10-17/h5-7,9-10,18H,3-4,8,11-16H2,1-2H3,(H2,20,21,22). The van der Waals surface area contributed by atoms with E-state index in [1.165, 1.54) is 12.0 Å². The van der Waals surface area contributed by atoms with Crippen LogP contribution in [0.2, 0.25) is 0 Å². The molecule has 0 spiro atoms. The Balaban J connectivity index is 1.88. The third-order valence-electron chi connectivity index (χ3n) is 4.68. The Labute approximate surface area is 158 Å². The number of sulfone groups is 1. The normalized spacial score (nSPS) is 18.8. The van der Waals surface area contributed by atoms with Gasteiger partial charge in [0.2, 0.25) is 0 Å². The molecule has 1 heterocycles. The molecule has 26 heavy (non-hydrogen) atoms. The zero-order valence-corrected chi connectivity index (χ0v) is 16.8. The van der Waals surface area contributed by atoms with Gasteiger partial charge in [0.05, 0.1) is 12.3 Å². The molecule has 2 rings (SSSR count). The number of hydrogen-bond donors (Lipinski definition) is 2. The molecule has 0 amide bonds. The van der Waals surface area contributed by atoms with Crippen LogP contribution in [-0.4, -0.2) is 63.0 Å². The topological polar surface area (TPSA) is 73.8 Å². The molecule has 1 atom stereocenters. The molecule has 7 heteroatoms. The van der Waals surface area contributed by atoms with Gasteiger partial charge in [-0.2, -0.15) is 0 Å². The van der Waals surface area contributed by atoms with E-state index in [0.29, 0.717) is 18.5 Å². The molecule has 0 saturated carbocycles. The van der Waals surface area contributed by atoms with Crippen LogP contribution in [0, 0.1) is 0 Å². The summed E-state index contributed by atoms with van der Waals surface area (Å²) >= 11 is 0. The molecule has 1 aromatic rings. The second-order valence-corrected chi connectivity index (χ2v) is 9.11. The van der Waals surface area contributed by atoms with Gasteiger partial charge in [0.15, 0.2) is 15.8 Å². The average molecular weight is 381 g/mol. The maximum Gasteiger partial charge on any atom is 0.191 e. The third kappa shape index (κ3) is 6.96. The number of hydrogen-bond acceptors (Lipinski definition) is 4. The zero-order chi connectivity index (χ0) is 18.8. The Hall–Kier alpha value is -1.60. The van der Waals surface area contributed by atoms with E-state index in [1.807, 2.05) is 13.0 Å². The van der Waals surface area contributed by atoms with Gasteiger partial charge >= 0.3 is 0 Å². The first-order valence-electron chi connectivity index (χ1n) is 9.54. The molecular weight excluding hydrogens is 348 g/mol. The first kappa shape index (κ1) is 20.7. The van der Waals surface area contributed by atoms with Crippen molar-refractivity contribution in [2.75, 3.05) is 37.7 Å². The number of benzene rings is 1. The Kier molecular flexibility index (Phi) is 8.38. The smallest absolute Gasteiger partial charge is 0.191 e. The van der Waals surface area contributed by atoms with Crippen molar-refractivity contribution in [1.82, 2.24) is 15.5 Å². The Bertz CT molecular complexity index is 661. The van der Waals surface area contributed by atoms with Gasteiger partial charge in [0, 0.05) is 31.4 Å². The molecule has 0 aliphatic carbocycles. The average Bonchev–Trinajstić information content (AvgIpc) is 3.07. The van der Waals surface area contributed by atoms with Crippen molar-refractivity contribution in [2.24, 2.45) is 4.99 Å². The number of likely N-dealkylation sites (tertiary alicyclic amines) is 1. The minimum Gasteiger partial charge on any atom is -0.357 e. The SMILES string of the molecule is CCNC(=NCC1CCCN1Cc1ccccc1)NCCS(=O)(=O)CC. The molecule has 6 nitrogen and oxygen atoms in total. The number of nitrogens with zero attached hydrogens (tertiary/aromatic N) is 2. The van der Waals surface area contributed by atoms with E-state index < -0.39 is 9.84 Å². The molecule has 1 unspecified atom stereocenters. The molecule has 1 aromatic carbocycles. The number of guanidine groups is 1. The monoisotopic (exact) mass is 380 g/mol. The Morgan fingerprint density at radius 1 is 1.23 bits per heavy atom. The minimum atomic E-state index is -2.96. The van der Waals surface area contributed by atoms with Crippen molar-refractivity contribution >= 4 is 15.8 Å². The van der Waals surface area contributed by atoms with Crippen molar-refractivity contribution in [2.45, 2.75) is 39.3 Å². The lowest BCUT2D eigenvalue weighted by atomic mass is 10.2. The lowest BCUT2D eigenvalue weighted by Gasteiger charge is -2.23.